The van der Waals surface area contributed by atoms with Gasteiger partial charge in [0.2, 0.25) is 5.95 Å². The summed E-state index contributed by atoms with van der Waals surface area (Å²) in [6.45, 7) is 3.91. The van der Waals surface area contributed by atoms with E-state index in [2.05, 4.69) is 21.5 Å². The maximum absolute atomic E-state index is 11.6. The van der Waals surface area contributed by atoms with Crippen molar-refractivity contribution < 1.29 is 5.11 Å². The third kappa shape index (κ3) is 1.37. The van der Waals surface area contributed by atoms with E-state index in [9.17, 15) is 9.90 Å². The fourth-order valence-corrected chi connectivity index (χ4v) is 2.40. The molecular weight excluding hydrogens is 234 g/mol. The average molecular weight is 247 g/mol. The molecule has 2 aromatic heterocycles. The molecule has 0 bridgehead atoms. The van der Waals surface area contributed by atoms with Gasteiger partial charge >= 0.3 is 0 Å². The Morgan fingerprint density at radius 1 is 1.67 bits per heavy atom. The van der Waals surface area contributed by atoms with E-state index in [0.29, 0.717) is 5.65 Å². The Kier molecular flexibility index (Phi) is 2.24. The molecule has 2 heterocycles. The average Bonchev–Trinajstić information content (AvgIpc) is 2.69. The van der Waals surface area contributed by atoms with Gasteiger partial charge in [-0.1, -0.05) is 12.2 Å². The number of fused-ring (bicyclic) bond motifs is 1. The minimum atomic E-state index is -0.352. The zero-order valence-electron chi connectivity index (χ0n) is 9.63. The molecule has 0 spiro atoms. The number of rotatable bonds is 2. The molecule has 0 aromatic carbocycles. The lowest BCUT2D eigenvalue weighted by atomic mass is 9.75. The quantitative estimate of drug-likeness (QED) is 0.637. The van der Waals surface area contributed by atoms with E-state index in [1.54, 1.807) is 10.9 Å². The molecule has 4 N–H and O–H groups in total. The number of aliphatic hydroxyl groups excluding tert-OH is 1. The van der Waals surface area contributed by atoms with Gasteiger partial charge in [-0.25, -0.2) is 4.98 Å². The summed E-state index contributed by atoms with van der Waals surface area (Å²) in [5.74, 6) is 0.0534. The molecule has 1 fully saturated rings. The van der Waals surface area contributed by atoms with E-state index < -0.39 is 0 Å². The highest BCUT2D eigenvalue weighted by molar-refractivity contribution is 5.70. The Labute approximate surface area is 102 Å². The van der Waals surface area contributed by atoms with E-state index in [1.165, 1.54) is 0 Å². The summed E-state index contributed by atoms with van der Waals surface area (Å²) in [4.78, 5) is 22.2. The summed E-state index contributed by atoms with van der Waals surface area (Å²) in [5, 5.41) is 9.30. The number of nitrogens with zero attached hydrogens (tertiary/aromatic N) is 3. The first-order chi connectivity index (χ1) is 8.61. The summed E-state index contributed by atoms with van der Waals surface area (Å²) in [6.07, 6.45) is 2.32. The molecule has 1 aliphatic carbocycles. The summed E-state index contributed by atoms with van der Waals surface area (Å²) in [5.41, 5.74) is 6.90. The number of nitrogen functional groups attached to an aromatic ring is 1. The zero-order valence-corrected chi connectivity index (χ0v) is 9.63. The van der Waals surface area contributed by atoms with Crippen molar-refractivity contribution in [3.63, 3.8) is 0 Å². The zero-order chi connectivity index (χ0) is 12.9. The van der Waals surface area contributed by atoms with E-state index in [4.69, 9.17) is 5.73 Å². The van der Waals surface area contributed by atoms with Gasteiger partial charge in [0, 0.05) is 12.0 Å². The van der Waals surface area contributed by atoms with Crippen molar-refractivity contribution in [2.45, 2.75) is 12.5 Å². The van der Waals surface area contributed by atoms with Gasteiger partial charge in [0.25, 0.3) is 5.56 Å². The van der Waals surface area contributed by atoms with Crippen LogP contribution in [0.4, 0.5) is 5.95 Å². The lowest BCUT2D eigenvalue weighted by Gasteiger charge is -2.38. The number of anilines is 1. The number of aromatic amines is 1. The smallest absolute Gasteiger partial charge is 0.280 e. The van der Waals surface area contributed by atoms with Gasteiger partial charge in [-0.05, 0) is 6.42 Å². The topological polar surface area (TPSA) is 110 Å². The Morgan fingerprint density at radius 3 is 3.11 bits per heavy atom. The SMILES string of the molecule is C=C1C[C@H](n2cnc3c(=O)[nH]c(N)nc32)[C@@H]1CO. The molecule has 1 saturated carbocycles. The van der Waals surface area contributed by atoms with Crippen molar-refractivity contribution in [3.8, 4) is 0 Å². The number of imidazole rings is 1. The molecule has 7 nitrogen and oxygen atoms in total. The van der Waals surface area contributed by atoms with E-state index in [1.807, 2.05) is 0 Å². The van der Waals surface area contributed by atoms with Crippen molar-refractivity contribution in [2.75, 3.05) is 12.3 Å². The van der Waals surface area contributed by atoms with Crippen LogP contribution in [0.1, 0.15) is 12.5 Å². The number of H-pyrrole nitrogens is 1. The minimum Gasteiger partial charge on any atom is -0.396 e. The predicted molar refractivity (Wildman–Crippen MR) is 65.9 cm³/mol. The molecule has 0 aliphatic heterocycles. The minimum absolute atomic E-state index is 0.00953. The Balaban J connectivity index is 2.14. The molecule has 94 valence electrons. The maximum atomic E-state index is 11.6. The van der Waals surface area contributed by atoms with Gasteiger partial charge in [0.15, 0.2) is 11.2 Å². The fourth-order valence-electron chi connectivity index (χ4n) is 2.40. The number of nitrogens with two attached hydrogens (primary N) is 1. The van der Waals surface area contributed by atoms with Crippen molar-refractivity contribution in [1.82, 2.24) is 19.5 Å². The molecule has 18 heavy (non-hydrogen) atoms. The van der Waals surface area contributed by atoms with Crippen LogP contribution in [0.2, 0.25) is 0 Å². The number of nitrogens with one attached hydrogen (secondary N) is 1. The maximum Gasteiger partial charge on any atom is 0.280 e. The van der Waals surface area contributed by atoms with Crippen LogP contribution < -0.4 is 11.3 Å². The van der Waals surface area contributed by atoms with E-state index >= 15 is 0 Å². The standard InChI is InChI=1S/C11H13N5O2/c1-5-2-7(6(5)3-17)16-4-13-8-9(16)14-11(12)15-10(8)18/h4,6-7,17H,1-3H2,(H3,12,14,15,18)/t6-,7+/m1/s1. The highest BCUT2D eigenvalue weighted by atomic mass is 16.3. The Bertz CT molecular complexity index is 686. The second kappa shape index (κ2) is 3.67. The Hall–Kier alpha value is -2.15. The van der Waals surface area contributed by atoms with Crippen molar-refractivity contribution in [1.29, 1.82) is 0 Å². The molecule has 7 heteroatoms. The largest absolute Gasteiger partial charge is 0.396 e. The van der Waals surface area contributed by atoms with Crippen LogP contribution >= 0.6 is 0 Å². The lowest BCUT2D eigenvalue weighted by molar-refractivity contribution is 0.158. The van der Waals surface area contributed by atoms with E-state index in [-0.39, 0.29) is 35.6 Å². The first-order valence-corrected chi connectivity index (χ1v) is 5.62. The van der Waals surface area contributed by atoms with Gasteiger partial charge in [0.05, 0.1) is 12.9 Å². The summed E-state index contributed by atoms with van der Waals surface area (Å²) < 4.78 is 1.79. The van der Waals surface area contributed by atoms with E-state index in [0.717, 1.165) is 12.0 Å². The number of hydrogen-bond acceptors (Lipinski definition) is 5. The molecule has 1 aliphatic rings. The number of hydrogen-bond donors (Lipinski definition) is 3. The molecular formula is C11H13N5O2. The lowest BCUT2D eigenvalue weighted by Crippen LogP contribution is -2.33. The second-order valence-electron chi connectivity index (χ2n) is 4.49. The predicted octanol–water partition coefficient (Wildman–Crippen LogP) is -0.189. The van der Waals surface area contributed by atoms with Gasteiger partial charge in [-0.2, -0.15) is 4.98 Å². The van der Waals surface area contributed by atoms with Gasteiger partial charge in [0.1, 0.15) is 0 Å². The monoisotopic (exact) mass is 247 g/mol. The van der Waals surface area contributed by atoms with Crippen LogP contribution in [0, 0.1) is 5.92 Å². The number of aliphatic hydroxyl groups is 1. The van der Waals surface area contributed by atoms with Crippen LogP contribution in [0.5, 0.6) is 0 Å². The molecule has 0 radical (unpaired) electrons. The Morgan fingerprint density at radius 2 is 2.44 bits per heavy atom. The summed E-state index contributed by atoms with van der Waals surface area (Å²) >= 11 is 0. The van der Waals surface area contributed by atoms with Crippen LogP contribution in [-0.4, -0.2) is 31.2 Å². The highest BCUT2D eigenvalue weighted by Gasteiger charge is 2.36. The van der Waals surface area contributed by atoms with Crippen molar-refractivity contribution in [2.24, 2.45) is 5.92 Å². The molecule has 0 saturated heterocycles. The first kappa shape index (κ1) is 11.0. The van der Waals surface area contributed by atoms with Crippen LogP contribution in [0.25, 0.3) is 11.2 Å². The number of aromatic nitrogens is 4. The van der Waals surface area contributed by atoms with Gasteiger partial charge in [-0.3, -0.25) is 9.78 Å². The highest BCUT2D eigenvalue weighted by Crippen LogP contribution is 2.42. The normalized spacial score (nSPS) is 23.3. The van der Waals surface area contributed by atoms with Crippen molar-refractivity contribution in [3.05, 3.63) is 28.8 Å². The third-order valence-corrected chi connectivity index (χ3v) is 3.46. The first-order valence-electron chi connectivity index (χ1n) is 5.62. The molecule has 0 amide bonds. The molecule has 2 atom stereocenters. The van der Waals surface area contributed by atoms with Crippen LogP contribution in [-0.2, 0) is 0 Å². The molecule has 2 aromatic rings. The van der Waals surface area contributed by atoms with Gasteiger partial charge in [-0.15, -0.1) is 0 Å². The molecule has 3 rings (SSSR count). The summed E-state index contributed by atoms with van der Waals surface area (Å²) in [7, 11) is 0. The van der Waals surface area contributed by atoms with Gasteiger partial charge < -0.3 is 15.4 Å². The molecule has 0 unspecified atom stereocenters. The summed E-state index contributed by atoms with van der Waals surface area (Å²) in [6, 6.07) is 0.0428. The second-order valence-corrected chi connectivity index (χ2v) is 4.49. The van der Waals surface area contributed by atoms with Crippen LogP contribution in [0.3, 0.4) is 0 Å². The fraction of sp³-hybridized carbons (Fsp3) is 0.364. The van der Waals surface area contributed by atoms with Crippen LogP contribution in [0.15, 0.2) is 23.3 Å². The van der Waals surface area contributed by atoms with Crippen molar-refractivity contribution >= 4 is 17.1 Å². The third-order valence-electron chi connectivity index (χ3n) is 3.46.